The summed E-state index contributed by atoms with van der Waals surface area (Å²) in [5.74, 6) is 1.00. The summed E-state index contributed by atoms with van der Waals surface area (Å²) < 4.78 is 0. The summed E-state index contributed by atoms with van der Waals surface area (Å²) in [6, 6.07) is 7.98. The van der Waals surface area contributed by atoms with Crippen LogP contribution < -0.4 is 11.1 Å². The lowest BCUT2D eigenvalue weighted by molar-refractivity contribution is -0.123. The van der Waals surface area contributed by atoms with Gasteiger partial charge >= 0.3 is 0 Å². The molecule has 4 heteroatoms. The number of nitrogens with two attached hydrogens (primary N) is 1. The van der Waals surface area contributed by atoms with Crippen LogP contribution >= 0.6 is 11.8 Å². The zero-order chi connectivity index (χ0) is 12.3. The van der Waals surface area contributed by atoms with Gasteiger partial charge in [-0.1, -0.05) is 25.1 Å². The van der Waals surface area contributed by atoms with Crippen LogP contribution in [0.4, 0.5) is 0 Å². The Morgan fingerprint density at radius 2 is 2.35 bits per heavy atom. The molecule has 2 atom stereocenters. The number of benzene rings is 1. The normalized spacial score (nSPS) is 20.5. The van der Waals surface area contributed by atoms with Crippen LogP contribution in [0.1, 0.15) is 31.4 Å². The first kappa shape index (κ1) is 12.5. The van der Waals surface area contributed by atoms with E-state index in [1.54, 1.807) is 0 Å². The molecule has 1 heterocycles. The number of thioether (sulfide) groups is 1. The molecule has 1 aromatic carbocycles. The Morgan fingerprint density at radius 1 is 1.59 bits per heavy atom. The van der Waals surface area contributed by atoms with Crippen LogP contribution in [-0.2, 0) is 4.79 Å². The summed E-state index contributed by atoms with van der Waals surface area (Å²) >= 11 is 1.85. The molecule has 1 amide bonds. The Balaban J connectivity index is 2.11. The molecule has 1 aliphatic rings. The largest absolute Gasteiger partial charge is 0.348 e. The topological polar surface area (TPSA) is 55.1 Å². The highest BCUT2D eigenvalue weighted by Gasteiger charge is 2.23. The number of fused-ring (bicyclic) bond motifs is 1. The second kappa shape index (κ2) is 5.56. The smallest absolute Gasteiger partial charge is 0.237 e. The van der Waals surface area contributed by atoms with E-state index in [0.29, 0.717) is 6.42 Å². The van der Waals surface area contributed by atoms with E-state index in [4.69, 9.17) is 5.73 Å². The third kappa shape index (κ3) is 2.82. The van der Waals surface area contributed by atoms with Crippen LogP contribution in [0.15, 0.2) is 29.2 Å². The zero-order valence-corrected chi connectivity index (χ0v) is 10.8. The Morgan fingerprint density at radius 3 is 3.12 bits per heavy atom. The zero-order valence-electron chi connectivity index (χ0n) is 9.98. The highest BCUT2D eigenvalue weighted by molar-refractivity contribution is 7.99. The van der Waals surface area contributed by atoms with E-state index in [1.807, 2.05) is 30.8 Å². The molecule has 17 heavy (non-hydrogen) atoms. The summed E-state index contributed by atoms with van der Waals surface area (Å²) in [6.45, 7) is 1.93. The summed E-state index contributed by atoms with van der Waals surface area (Å²) in [5.41, 5.74) is 6.96. The number of carbonyl (C=O) groups is 1. The molecule has 0 radical (unpaired) electrons. The van der Waals surface area contributed by atoms with E-state index in [-0.39, 0.29) is 11.9 Å². The van der Waals surface area contributed by atoms with Gasteiger partial charge in [0.25, 0.3) is 0 Å². The van der Waals surface area contributed by atoms with Gasteiger partial charge in [0, 0.05) is 10.6 Å². The molecule has 0 bridgehead atoms. The number of hydrogen-bond acceptors (Lipinski definition) is 3. The number of hydrogen-bond donors (Lipinski definition) is 2. The van der Waals surface area contributed by atoms with Crippen molar-refractivity contribution < 1.29 is 4.79 Å². The van der Waals surface area contributed by atoms with Crippen molar-refractivity contribution in [3.63, 3.8) is 0 Å². The highest BCUT2D eigenvalue weighted by atomic mass is 32.2. The van der Waals surface area contributed by atoms with E-state index < -0.39 is 6.04 Å². The molecule has 92 valence electrons. The first-order chi connectivity index (χ1) is 8.22. The Hall–Kier alpha value is -1.00. The average Bonchev–Trinajstić information content (AvgIpc) is 2.38. The molecule has 3 N–H and O–H groups in total. The third-order valence-electron chi connectivity index (χ3n) is 3.05. The predicted molar refractivity (Wildman–Crippen MR) is 70.9 cm³/mol. The molecule has 0 saturated carbocycles. The number of rotatable bonds is 3. The van der Waals surface area contributed by atoms with Gasteiger partial charge in [-0.3, -0.25) is 4.79 Å². The monoisotopic (exact) mass is 250 g/mol. The molecule has 3 nitrogen and oxygen atoms in total. The lowest BCUT2D eigenvalue weighted by Crippen LogP contribution is -2.42. The van der Waals surface area contributed by atoms with E-state index in [2.05, 4.69) is 17.4 Å². The minimum atomic E-state index is -0.392. The fourth-order valence-electron chi connectivity index (χ4n) is 1.96. The molecular formula is C13H18N2OS. The van der Waals surface area contributed by atoms with E-state index in [0.717, 1.165) is 12.2 Å². The first-order valence-electron chi connectivity index (χ1n) is 6.00. The molecule has 1 unspecified atom stereocenters. The molecule has 0 saturated heterocycles. The third-order valence-corrected chi connectivity index (χ3v) is 4.17. The summed E-state index contributed by atoms with van der Waals surface area (Å²) in [5, 5.41) is 3.05. The second-order valence-electron chi connectivity index (χ2n) is 4.25. The van der Waals surface area contributed by atoms with Crippen molar-refractivity contribution in [2.24, 2.45) is 5.73 Å². The van der Waals surface area contributed by atoms with Crippen LogP contribution in [0, 0.1) is 0 Å². The van der Waals surface area contributed by atoms with Crippen molar-refractivity contribution in [1.29, 1.82) is 0 Å². The minimum Gasteiger partial charge on any atom is -0.348 e. The molecular weight excluding hydrogens is 232 g/mol. The van der Waals surface area contributed by atoms with Crippen LogP contribution in [-0.4, -0.2) is 17.7 Å². The van der Waals surface area contributed by atoms with Crippen LogP contribution in [0.3, 0.4) is 0 Å². The van der Waals surface area contributed by atoms with Crippen LogP contribution in [0.2, 0.25) is 0 Å². The fraction of sp³-hybridized carbons (Fsp3) is 0.462. The van der Waals surface area contributed by atoms with Crippen LogP contribution in [0.5, 0.6) is 0 Å². The van der Waals surface area contributed by atoms with Gasteiger partial charge < -0.3 is 11.1 Å². The summed E-state index contributed by atoms with van der Waals surface area (Å²) in [7, 11) is 0. The molecule has 1 aliphatic heterocycles. The van der Waals surface area contributed by atoms with Crippen molar-refractivity contribution in [1.82, 2.24) is 5.32 Å². The lowest BCUT2D eigenvalue weighted by Gasteiger charge is -2.26. The molecule has 0 fully saturated rings. The maximum Gasteiger partial charge on any atom is 0.237 e. The van der Waals surface area contributed by atoms with Gasteiger partial charge in [0.1, 0.15) is 0 Å². The first-order valence-corrected chi connectivity index (χ1v) is 6.98. The van der Waals surface area contributed by atoms with Crippen molar-refractivity contribution in [3.8, 4) is 0 Å². The predicted octanol–water partition coefficient (Wildman–Crippen LogP) is 2.08. The van der Waals surface area contributed by atoms with Gasteiger partial charge in [-0.25, -0.2) is 0 Å². The van der Waals surface area contributed by atoms with Crippen molar-refractivity contribution in [2.45, 2.75) is 36.7 Å². The Kier molecular flexibility index (Phi) is 4.07. The highest BCUT2D eigenvalue weighted by Crippen LogP contribution is 2.35. The van der Waals surface area contributed by atoms with Crippen molar-refractivity contribution >= 4 is 17.7 Å². The van der Waals surface area contributed by atoms with Gasteiger partial charge in [-0.05, 0) is 24.5 Å². The van der Waals surface area contributed by atoms with Gasteiger partial charge in [0.15, 0.2) is 0 Å². The van der Waals surface area contributed by atoms with Gasteiger partial charge in [-0.15, -0.1) is 11.8 Å². The van der Waals surface area contributed by atoms with Gasteiger partial charge in [0.2, 0.25) is 5.91 Å². The molecule has 1 aromatic rings. The quantitative estimate of drug-likeness (QED) is 0.863. The number of amides is 1. The number of carbonyl (C=O) groups excluding carboxylic acids is 1. The molecule has 2 rings (SSSR count). The van der Waals surface area contributed by atoms with Crippen molar-refractivity contribution in [2.75, 3.05) is 5.75 Å². The SMILES string of the molecule is CC[C@@H](N)C(=O)NC1CCSc2ccccc21. The second-order valence-corrected chi connectivity index (χ2v) is 5.39. The van der Waals surface area contributed by atoms with Gasteiger partial charge in [-0.2, -0.15) is 0 Å². The maximum atomic E-state index is 11.8. The maximum absolute atomic E-state index is 11.8. The minimum absolute atomic E-state index is 0.0424. The lowest BCUT2D eigenvalue weighted by atomic mass is 10.0. The fourth-order valence-corrected chi connectivity index (χ4v) is 3.08. The molecule has 0 aliphatic carbocycles. The van der Waals surface area contributed by atoms with Gasteiger partial charge in [0.05, 0.1) is 12.1 Å². The number of nitrogens with one attached hydrogen (secondary N) is 1. The summed E-state index contributed by atoms with van der Waals surface area (Å²) in [4.78, 5) is 13.1. The molecule has 0 aromatic heterocycles. The molecule has 0 spiro atoms. The standard InChI is InChI=1S/C13H18N2OS/c1-2-10(14)13(16)15-11-7-8-17-12-6-4-3-5-9(11)12/h3-6,10-11H,2,7-8,14H2,1H3,(H,15,16)/t10-,11?/m1/s1. The Bertz CT molecular complexity index is 408. The van der Waals surface area contributed by atoms with Crippen LogP contribution in [0.25, 0.3) is 0 Å². The van der Waals surface area contributed by atoms with E-state index in [1.165, 1.54) is 10.5 Å². The van der Waals surface area contributed by atoms with E-state index >= 15 is 0 Å². The van der Waals surface area contributed by atoms with Crippen molar-refractivity contribution in [3.05, 3.63) is 29.8 Å². The average molecular weight is 250 g/mol. The Labute approximate surface area is 106 Å². The summed E-state index contributed by atoms with van der Waals surface area (Å²) in [6.07, 6.45) is 1.65. The van der Waals surface area contributed by atoms with E-state index in [9.17, 15) is 4.79 Å².